The summed E-state index contributed by atoms with van der Waals surface area (Å²) in [7, 11) is 0. The number of carbonyl (C=O) groups is 2. The van der Waals surface area contributed by atoms with Crippen LogP contribution in [0.4, 0.5) is 0 Å². The molecule has 2 heterocycles. The van der Waals surface area contributed by atoms with Crippen molar-refractivity contribution in [1.29, 1.82) is 0 Å². The lowest BCUT2D eigenvalue weighted by atomic mass is 9.93. The number of hydrogen-bond acceptors (Lipinski definition) is 4. The van der Waals surface area contributed by atoms with Crippen molar-refractivity contribution in [2.75, 3.05) is 32.8 Å². The van der Waals surface area contributed by atoms with Gasteiger partial charge < -0.3 is 14.5 Å². The molecule has 34 heavy (non-hydrogen) atoms. The molecule has 0 saturated heterocycles. The zero-order valence-corrected chi connectivity index (χ0v) is 20.5. The molecule has 2 aromatic carbocycles. The third-order valence-corrected chi connectivity index (χ3v) is 7.20. The van der Waals surface area contributed by atoms with E-state index in [1.54, 1.807) is 16.2 Å². The van der Waals surface area contributed by atoms with Crippen molar-refractivity contribution in [3.63, 3.8) is 0 Å². The van der Waals surface area contributed by atoms with E-state index in [1.807, 2.05) is 60.4 Å². The van der Waals surface area contributed by atoms with Crippen LogP contribution < -0.4 is 0 Å². The molecule has 1 aliphatic heterocycles. The summed E-state index contributed by atoms with van der Waals surface area (Å²) in [6.45, 7) is 4.43. The minimum Gasteiger partial charge on any atom is -0.382 e. The van der Waals surface area contributed by atoms with Gasteiger partial charge in [-0.05, 0) is 47.9 Å². The Hall–Kier alpha value is -2.96. The first kappa shape index (κ1) is 24.2. The van der Waals surface area contributed by atoms with Crippen LogP contribution in [0.3, 0.4) is 0 Å². The highest BCUT2D eigenvalue weighted by Gasteiger charge is 2.33. The SMILES string of the molecule is CCOCCCN(CC(=O)N1CCc2sccc2C1c1ccccc1)C(=O)Cc1ccccc1. The Bertz CT molecular complexity index is 1070. The molecule has 0 spiro atoms. The average molecular weight is 477 g/mol. The number of ether oxygens (including phenoxy) is 1. The molecule has 2 amide bonds. The third-order valence-electron chi connectivity index (χ3n) is 6.20. The highest BCUT2D eigenvalue weighted by molar-refractivity contribution is 7.10. The van der Waals surface area contributed by atoms with Gasteiger partial charge >= 0.3 is 0 Å². The highest BCUT2D eigenvalue weighted by atomic mass is 32.1. The van der Waals surface area contributed by atoms with Crippen LogP contribution in [0.1, 0.15) is 41.0 Å². The molecule has 0 aliphatic carbocycles. The maximum Gasteiger partial charge on any atom is 0.242 e. The summed E-state index contributed by atoms with van der Waals surface area (Å²) in [6, 6.07) is 21.9. The minimum absolute atomic E-state index is 0.0106. The maximum atomic E-state index is 13.7. The van der Waals surface area contributed by atoms with E-state index in [4.69, 9.17) is 4.74 Å². The smallest absolute Gasteiger partial charge is 0.242 e. The van der Waals surface area contributed by atoms with Crippen molar-refractivity contribution in [2.45, 2.75) is 32.2 Å². The normalized spacial score (nSPS) is 15.1. The molecule has 6 heteroatoms. The van der Waals surface area contributed by atoms with Gasteiger partial charge in [0.25, 0.3) is 0 Å². The van der Waals surface area contributed by atoms with Gasteiger partial charge in [-0.25, -0.2) is 0 Å². The lowest BCUT2D eigenvalue weighted by Gasteiger charge is -2.37. The summed E-state index contributed by atoms with van der Waals surface area (Å²) >= 11 is 1.76. The summed E-state index contributed by atoms with van der Waals surface area (Å²) in [5, 5.41) is 2.11. The number of amides is 2. The molecule has 0 saturated carbocycles. The molecule has 5 nitrogen and oxygen atoms in total. The van der Waals surface area contributed by atoms with Crippen molar-refractivity contribution < 1.29 is 14.3 Å². The van der Waals surface area contributed by atoms with Crippen molar-refractivity contribution in [3.8, 4) is 0 Å². The van der Waals surface area contributed by atoms with E-state index in [1.165, 1.54) is 10.4 Å². The first-order valence-electron chi connectivity index (χ1n) is 12.0. The number of rotatable bonds is 10. The highest BCUT2D eigenvalue weighted by Crippen LogP contribution is 2.37. The zero-order valence-electron chi connectivity index (χ0n) is 19.7. The zero-order chi connectivity index (χ0) is 23.8. The van der Waals surface area contributed by atoms with Gasteiger partial charge in [0.15, 0.2) is 0 Å². The Labute approximate surface area is 206 Å². The summed E-state index contributed by atoms with van der Waals surface area (Å²) in [5.74, 6) is -0.0379. The van der Waals surface area contributed by atoms with Crippen LogP contribution in [0.15, 0.2) is 72.1 Å². The molecule has 178 valence electrons. The minimum atomic E-state index is -0.113. The maximum absolute atomic E-state index is 13.7. The molecule has 1 atom stereocenters. The first-order chi connectivity index (χ1) is 16.7. The Balaban J connectivity index is 1.52. The molecule has 3 aromatic rings. The number of benzene rings is 2. The molecular formula is C28H32N2O3S. The number of nitrogens with zero attached hydrogens (tertiary/aromatic N) is 2. The van der Waals surface area contributed by atoms with Gasteiger partial charge in [-0.2, -0.15) is 0 Å². The van der Waals surface area contributed by atoms with E-state index < -0.39 is 0 Å². The summed E-state index contributed by atoms with van der Waals surface area (Å²) in [4.78, 5) is 31.9. The Morgan fingerprint density at radius 3 is 2.53 bits per heavy atom. The van der Waals surface area contributed by atoms with Crippen LogP contribution in [0.2, 0.25) is 0 Å². The van der Waals surface area contributed by atoms with E-state index in [0.717, 1.165) is 17.5 Å². The van der Waals surface area contributed by atoms with Crippen LogP contribution in [0.5, 0.6) is 0 Å². The van der Waals surface area contributed by atoms with E-state index in [-0.39, 0.29) is 24.4 Å². The number of thiophene rings is 1. The van der Waals surface area contributed by atoms with Gasteiger partial charge in [0.1, 0.15) is 0 Å². The molecule has 0 radical (unpaired) electrons. The summed E-state index contributed by atoms with van der Waals surface area (Å²) in [5.41, 5.74) is 3.26. The molecule has 1 aromatic heterocycles. The van der Waals surface area contributed by atoms with Crippen LogP contribution in [-0.4, -0.2) is 54.5 Å². The van der Waals surface area contributed by atoms with E-state index in [2.05, 4.69) is 23.6 Å². The van der Waals surface area contributed by atoms with E-state index in [9.17, 15) is 9.59 Å². The fourth-order valence-electron chi connectivity index (χ4n) is 4.51. The summed E-state index contributed by atoms with van der Waals surface area (Å²) < 4.78 is 5.48. The van der Waals surface area contributed by atoms with Crippen molar-refractivity contribution in [1.82, 2.24) is 9.80 Å². The van der Waals surface area contributed by atoms with Gasteiger partial charge in [0.05, 0.1) is 19.0 Å². The molecule has 1 unspecified atom stereocenters. The van der Waals surface area contributed by atoms with Crippen molar-refractivity contribution in [2.24, 2.45) is 0 Å². The van der Waals surface area contributed by atoms with E-state index in [0.29, 0.717) is 39.1 Å². The fraction of sp³-hybridized carbons (Fsp3) is 0.357. The lowest BCUT2D eigenvalue weighted by molar-refractivity contribution is -0.141. The Kier molecular flexibility index (Phi) is 8.50. The van der Waals surface area contributed by atoms with E-state index >= 15 is 0 Å². The van der Waals surface area contributed by atoms with Crippen molar-refractivity contribution >= 4 is 23.2 Å². The first-order valence-corrected chi connectivity index (χ1v) is 12.9. The fourth-order valence-corrected chi connectivity index (χ4v) is 5.41. The number of carbonyl (C=O) groups excluding carboxylic acids is 2. The van der Waals surface area contributed by atoms with Crippen molar-refractivity contribution in [3.05, 3.63) is 93.7 Å². The molecule has 0 bridgehead atoms. The van der Waals surface area contributed by atoms with Gasteiger partial charge in [-0.3, -0.25) is 9.59 Å². The number of hydrogen-bond donors (Lipinski definition) is 0. The van der Waals surface area contributed by atoms with Crippen LogP contribution >= 0.6 is 11.3 Å². The standard InChI is InChI=1S/C28H32N2O3S/c1-2-33-18-9-16-29(26(31)20-22-10-5-3-6-11-22)21-27(32)30-17-14-25-24(15-19-34-25)28(30)23-12-7-4-8-13-23/h3-8,10-13,15,19,28H,2,9,14,16-18,20-21H2,1H3. The Morgan fingerprint density at radius 1 is 1.06 bits per heavy atom. The molecule has 0 fully saturated rings. The molecule has 4 rings (SSSR count). The van der Waals surface area contributed by atoms with Gasteiger partial charge in [0, 0.05) is 31.2 Å². The second kappa shape index (κ2) is 12.0. The molecule has 0 N–H and O–H groups in total. The predicted octanol–water partition coefficient (Wildman–Crippen LogP) is 4.72. The van der Waals surface area contributed by atoms with Gasteiger partial charge in [-0.15, -0.1) is 11.3 Å². The second-order valence-electron chi connectivity index (χ2n) is 8.48. The Morgan fingerprint density at radius 2 is 1.79 bits per heavy atom. The third kappa shape index (κ3) is 5.93. The van der Waals surface area contributed by atoms with Crippen LogP contribution in [-0.2, 0) is 27.2 Å². The quantitative estimate of drug-likeness (QED) is 0.398. The summed E-state index contributed by atoms with van der Waals surface area (Å²) in [6.07, 6.45) is 1.85. The second-order valence-corrected chi connectivity index (χ2v) is 9.48. The predicted molar refractivity (Wildman–Crippen MR) is 136 cm³/mol. The average Bonchev–Trinajstić information content (AvgIpc) is 3.35. The number of fused-ring (bicyclic) bond motifs is 1. The molecular weight excluding hydrogens is 444 g/mol. The topological polar surface area (TPSA) is 49.9 Å². The van der Waals surface area contributed by atoms with Crippen LogP contribution in [0.25, 0.3) is 0 Å². The van der Waals surface area contributed by atoms with Crippen LogP contribution in [0, 0.1) is 0 Å². The molecule has 1 aliphatic rings. The lowest BCUT2D eigenvalue weighted by Crippen LogP contribution is -2.47. The van der Waals surface area contributed by atoms with Gasteiger partial charge in [-0.1, -0.05) is 60.7 Å². The monoisotopic (exact) mass is 476 g/mol. The van der Waals surface area contributed by atoms with Gasteiger partial charge in [0.2, 0.25) is 11.8 Å². The largest absolute Gasteiger partial charge is 0.382 e.